The molecule has 1 fully saturated rings. The van der Waals surface area contributed by atoms with E-state index in [9.17, 15) is 9.90 Å². The van der Waals surface area contributed by atoms with Gasteiger partial charge in [0.15, 0.2) is 0 Å². The second-order valence-electron chi connectivity index (χ2n) is 7.39. The number of carbonyl (C=O) groups excluding carboxylic acids is 1. The van der Waals surface area contributed by atoms with E-state index >= 15 is 0 Å². The topological polar surface area (TPSA) is 61.8 Å². The second-order valence-corrected chi connectivity index (χ2v) is 7.82. The standard InChI is InChI=1S/C22H27ClN2O3.ClH/c1-16(26)24-21-4-2-3-5-22(21)28-15-20(27)14-25-11-10-18(13-25)12-17-6-8-19(23)9-7-17;/h2-9,18,20,27H,10-15H2,1H3,(H,24,26);1H/t18-,20+;/m0./s1. The van der Waals surface area contributed by atoms with Crippen molar-refractivity contribution >= 4 is 35.6 Å². The van der Waals surface area contributed by atoms with Gasteiger partial charge in [-0.1, -0.05) is 35.9 Å². The number of aliphatic hydroxyl groups excluding tert-OH is 1. The van der Waals surface area contributed by atoms with E-state index in [4.69, 9.17) is 16.3 Å². The number of amides is 1. The Balaban J connectivity index is 0.00000300. The smallest absolute Gasteiger partial charge is 0.221 e. The fraction of sp³-hybridized carbons (Fsp3) is 0.409. The lowest BCUT2D eigenvalue weighted by Gasteiger charge is -2.21. The lowest BCUT2D eigenvalue weighted by atomic mass is 9.99. The SMILES string of the molecule is CC(=O)Nc1ccccc1OC[C@H](O)CN1CC[C@@H](Cc2ccc(Cl)cc2)C1.Cl. The van der Waals surface area contributed by atoms with Crippen LogP contribution in [0.25, 0.3) is 0 Å². The first-order valence-corrected chi connectivity index (χ1v) is 10.0. The van der Waals surface area contributed by atoms with Crippen LogP contribution < -0.4 is 10.1 Å². The molecule has 29 heavy (non-hydrogen) atoms. The predicted molar refractivity (Wildman–Crippen MR) is 119 cm³/mol. The molecule has 2 N–H and O–H groups in total. The summed E-state index contributed by atoms with van der Waals surface area (Å²) in [5, 5.41) is 13.9. The monoisotopic (exact) mass is 438 g/mol. The summed E-state index contributed by atoms with van der Waals surface area (Å²) in [4.78, 5) is 13.6. The Bertz CT molecular complexity index is 786. The minimum Gasteiger partial charge on any atom is -0.489 e. The van der Waals surface area contributed by atoms with Crippen molar-refractivity contribution in [2.75, 3.05) is 31.6 Å². The van der Waals surface area contributed by atoms with Crippen LogP contribution in [0.1, 0.15) is 18.9 Å². The molecule has 1 heterocycles. The van der Waals surface area contributed by atoms with Crippen molar-refractivity contribution in [1.82, 2.24) is 4.90 Å². The van der Waals surface area contributed by atoms with Crippen LogP contribution in [0, 0.1) is 5.92 Å². The Morgan fingerprint density at radius 3 is 2.72 bits per heavy atom. The third kappa shape index (κ3) is 7.52. The molecule has 1 saturated heterocycles. The number of para-hydroxylation sites is 2. The molecule has 1 aliphatic rings. The lowest BCUT2D eigenvalue weighted by molar-refractivity contribution is -0.114. The minimum absolute atomic E-state index is 0. The number of rotatable bonds is 8. The van der Waals surface area contributed by atoms with Crippen molar-refractivity contribution in [1.29, 1.82) is 0 Å². The van der Waals surface area contributed by atoms with Crippen LogP contribution in [0.15, 0.2) is 48.5 Å². The number of anilines is 1. The first-order valence-electron chi connectivity index (χ1n) is 9.64. The Morgan fingerprint density at radius 1 is 1.28 bits per heavy atom. The maximum Gasteiger partial charge on any atom is 0.221 e. The van der Waals surface area contributed by atoms with Crippen molar-refractivity contribution in [2.45, 2.75) is 25.9 Å². The molecule has 1 aliphatic heterocycles. The van der Waals surface area contributed by atoms with E-state index < -0.39 is 6.10 Å². The minimum atomic E-state index is -0.584. The summed E-state index contributed by atoms with van der Waals surface area (Å²) < 4.78 is 5.74. The third-order valence-corrected chi connectivity index (χ3v) is 5.16. The fourth-order valence-corrected chi connectivity index (χ4v) is 3.75. The van der Waals surface area contributed by atoms with Crippen LogP contribution in [-0.2, 0) is 11.2 Å². The molecule has 0 spiro atoms. The molecule has 0 aliphatic carbocycles. The van der Waals surface area contributed by atoms with E-state index in [1.807, 2.05) is 24.3 Å². The number of likely N-dealkylation sites (tertiary alicyclic amines) is 1. The number of nitrogens with zero attached hydrogens (tertiary/aromatic N) is 1. The summed E-state index contributed by atoms with van der Waals surface area (Å²) >= 11 is 5.95. The van der Waals surface area contributed by atoms with Crippen molar-refractivity contribution in [3.63, 3.8) is 0 Å². The molecule has 3 rings (SSSR count). The van der Waals surface area contributed by atoms with Crippen molar-refractivity contribution in [3.8, 4) is 5.75 Å². The summed E-state index contributed by atoms with van der Waals surface area (Å²) in [5.41, 5.74) is 1.92. The number of halogens is 2. The van der Waals surface area contributed by atoms with Gasteiger partial charge in [-0.05, 0) is 55.1 Å². The molecule has 0 saturated carbocycles. The van der Waals surface area contributed by atoms with Gasteiger partial charge in [0, 0.05) is 25.0 Å². The van der Waals surface area contributed by atoms with E-state index in [0.717, 1.165) is 31.0 Å². The quantitative estimate of drug-likeness (QED) is 0.652. The molecule has 0 radical (unpaired) electrons. The number of aliphatic hydroxyl groups is 1. The molecular weight excluding hydrogens is 411 g/mol. The average molecular weight is 439 g/mol. The number of hydrogen-bond acceptors (Lipinski definition) is 4. The van der Waals surface area contributed by atoms with Gasteiger partial charge in [0.2, 0.25) is 5.91 Å². The van der Waals surface area contributed by atoms with Crippen LogP contribution in [0.3, 0.4) is 0 Å². The maximum absolute atomic E-state index is 11.3. The maximum atomic E-state index is 11.3. The van der Waals surface area contributed by atoms with Gasteiger partial charge in [-0.15, -0.1) is 12.4 Å². The normalized spacial score (nSPS) is 17.4. The van der Waals surface area contributed by atoms with Gasteiger partial charge in [0.1, 0.15) is 18.5 Å². The number of β-amino-alcohol motifs (C(OH)–C–C–N with tert-alkyl or cyclic N) is 1. The fourth-order valence-electron chi connectivity index (χ4n) is 3.62. The Hall–Kier alpha value is -1.79. The largest absolute Gasteiger partial charge is 0.489 e. The zero-order valence-corrected chi connectivity index (χ0v) is 18.1. The third-order valence-electron chi connectivity index (χ3n) is 4.91. The predicted octanol–water partition coefficient (Wildman–Crippen LogP) is 4.02. The van der Waals surface area contributed by atoms with Gasteiger partial charge in [-0.25, -0.2) is 0 Å². The summed E-state index contributed by atoms with van der Waals surface area (Å²) in [6, 6.07) is 15.3. The number of hydrogen-bond donors (Lipinski definition) is 2. The zero-order valence-electron chi connectivity index (χ0n) is 16.5. The first kappa shape index (κ1) is 23.5. The van der Waals surface area contributed by atoms with E-state index in [2.05, 4.69) is 22.3 Å². The lowest BCUT2D eigenvalue weighted by Crippen LogP contribution is -2.34. The number of nitrogens with one attached hydrogen (secondary N) is 1. The van der Waals surface area contributed by atoms with E-state index in [-0.39, 0.29) is 24.9 Å². The van der Waals surface area contributed by atoms with Crippen LogP contribution in [0.4, 0.5) is 5.69 Å². The summed E-state index contributed by atoms with van der Waals surface area (Å²) in [6.07, 6.45) is 1.58. The second kappa shape index (κ2) is 11.4. The molecule has 7 heteroatoms. The highest BCUT2D eigenvalue weighted by Gasteiger charge is 2.24. The van der Waals surface area contributed by atoms with Crippen molar-refractivity contribution < 1.29 is 14.6 Å². The number of ether oxygens (including phenoxy) is 1. The van der Waals surface area contributed by atoms with Gasteiger partial charge < -0.3 is 20.1 Å². The molecule has 0 aromatic heterocycles. The van der Waals surface area contributed by atoms with Gasteiger partial charge in [-0.2, -0.15) is 0 Å². The molecule has 2 aromatic rings. The van der Waals surface area contributed by atoms with Gasteiger partial charge in [-0.3, -0.25) is 4.79 Å². The molecular formula is C22H28Cl2N2O3. The molecule has 0 bridgehead atoms. The first-order chi connectivity index (χ1) is 13.5. The average Bonchev–Trinajstić information content (AvgIpc) is 3.09. The molecule has 158 valence electrons. The summed E-state index contributed by atoms with van der Waals surface area (Å²) in [7, 11) is 0. The molecule has 1 amide bonds. The van der Waals surface area contributed by atoms with Crippen molar-refractivity contribution in [2.24, 2.45) is 5.92 Å². The Labute approximate surface area is 183 Å². The van der Waals surface area contributed by atoms with Gasteiger partial charge >= 0.3 is 0 Å². The highest BCUT2D eigenvalue weighted by Crippen LogP contribution is 2.25. The highest BCUT2D eigenvalue weighted by atomic mass is 35.5. The van der Waals surface area contributed by atoms with E-state index in [1.54, 1.807) is 12.1 Å². The van der Waals surface area contributed by atoms with E-state index in [0.29, 0.717) is 23.9 Å². The van der Waals surface area contributed by atoms with Crippen LogP contribution in [0.5, 0.6) is 5.75 Å². The van der Waals surface area contributed by atoms with Gasteiger partial charge in [0.25, 0.3) is 0 Å². The summed E-state index contributed by atoms with van der Waals surface area (Å²) in [5.74, 6) is 1.01. The number of benzene rings is 2. The Kier molecular flexibility index (Phi) is 9.24. The van der Waals surface area contributed by atoms with Crippen molar-refractivity contribution in [3.05, 3.63) is 59.1 Å². The van der Waals surface area contributed by atoms with Gasteiger partial charge in [0.05, 0.1) is 5.69 Å². The molecule has 0 unspecified atom stereocenters. The van der Waals surface area contributed by atoms with Crippen LogP contribution >= 0.6 is 24.0 Å². The van der Waals surface area contributed by atoms with Crippen LogP contribution in [0.2, 0.25) is 5.02 Å². The van der Waals surface area contributed by atoms with Crippen LogP contribution in [-0.4, -0.2) is 48.3 Å². The molecule has 2 atom stereocenters. The number of carbonyl (C=O) groups is 1. The summed E-state index contributed by atoms with van der Waals surface area (Å²) in [6.45, 7) is 4.19. The molecule has 2 aromatic carbocycles. The van der Waals surface area contributed by atoms with E-state index in [1.165, 1.54) is 12.5 Å². The highest BCUT2D eigenvalue weighted by molar-refractivity contribution is 6.30. The molecule has 5 nitrogen and oxygen atoms in total. The Morgan fingerprint density at radius 2 is 2.00 bits per heavy atom. The zero-order chi connectivity index (χ0) is 19.9.